The highest BCUT2D eigenvalue weighted by atomic mass is 32.1. The molecule has 0 fully saturated rings. The molecule has 0 saturated heterocycles. The molecule has 0 bridgehead atoms. The summed E-state index contributed by atoms with van der Waals surface area (Å²) >= 11 is 1.47. The van der Waals surface area contributed by atoms with E-state index in [9.17, 15) is 0 Å². The molecule has 1 rings (SSSR count). The molecule has 0 spiro atoms. The molecule has 1 aromatic heterocycles. The van der Waals surface area contributed by atoms with Gasteiger partial charge in [-0.1, -0.05) is 0 Å². The summed E-state index contributed by atoms with van der Waals surface area (Å²) in [7, 11) is 0. The molecule has 0 unspecified atom stereocenters. The van der Waals surface area contributed by atoms with Crippen molar-refractivity contribution < 1.29 is 9.47 Å². The van der Waals surface area contributed by atoms with Crippen LogP contribution in [0.3, 0.4) is 0 Å². The maximum absolute atomic E-state index is 5.28. The minimum absolute atomic E-state index is 0.660. The van der Waals surface area contributed by atoms with E-state index >= 15 is 0 Å². The van der Waals surface area contributed by atoms with Crippen molar-refractivity contribution in [3.05, 3.63) is 10.8 Å². The van der Waals surface area contributed by atoms with E-state index in [1.807, 2.05) is 19.2 Å². The Labute approximate surface area is 70.8 Å². The van der Waals surface area contributed by atoms with Crippen molar-refractivity contribution in [2.45, 2.75) is 13.8 Å². The first-order valence-electron chi connectivity index (χ1n) is 3.63. The van der Waals surface area contributed by atoms with E-state index in [4.69, 9.17) is 9.47 Å². The second-order valence-corrected chi connectivity index (χ2v) is 2.57. The van der Waals surface area contributed by atoms with E-state index in [1.54, 1.807) is 0 Å². The van der Waals surface area contributed by atoms with Gasteiger partial charge in [0.15, 0.2) is 11.5 Å². The summed E-state index contributed by atoms with van der Waals surface area (Å²) in [4.78, 5) is 0. The molecule has 0 aliphatic carbocycles. The van der Waals surface area contributed by atoms with Crippen LogP contribution in [0.1, 0.15) is 13.8 Å². The van der Waals surface area contributed by atoms with E-state index < -0.39 is 0 Å². The van der Waals surface area contributed by atoms with Crippen molar-refractivity contribution >= 4 is 11.3 Å². The minimum Gasteiger partial charge on any atom is -0.489 e. The van der Waals surface area contributed by atoms with Crippen LogP contribution in [0.4, 0.5) is 0 Å². The van der Waals surface area contributed by atoms with Gasteiger partial charge in [-0.05, 0) is 13.8 Å². The number of hydrogen-bond donors (Lipinski definition) is 0. The Morgan fingerprint density at radius 2 is 2.09 bits per heavy atom. The molecule has 0 saturated carbocycles. The van der Waals surface area contributed by atoms with Crippen LogP contribution >= 0.6 is 11.3 Å². The fourth-order valence-electron chi connectivity index (χ4n) is 0.740. The van der Waals surface area contributed by atoms with Crippen LogP contribution in [-0.4, -0.2) is 13.2 Å². The fraction of sp³-hybridized carbons (Fsp3) is 0.500. The monoisotopic (exact) mass is 171 g/mol. The Morgan fingerprint density at radius 3 is 2.73 bits per heavy atom. The zero-order valence-corrected chi connectivity index (χ0v) is 7.53. The molecule has 11 heavy (non-hydrogen) atoms. The summed E-state index contributed by atoms with van der Waals surface area (Å²) < 4.78 is 10.5. The van der Waals surface area contributed by atoms with Gasteiger partial charge in [0.2, 0.25) is 0 Å². The van der Waals surface area contributed by atoms with Crippen molar-refractivity contribution in [3.63, 3.8) is 0 Å². The van der Waals surface area contributed by atoms with Gasteiger partial charge in [-0.25, -0.2) is 0 Å². The van der Waals surface area contributed by atoms with Gasteiger partial charge in [-0.3, -0.25) is 0 Å². The lowest BCUT2D eigenvalue weighted by molar-refractivity contribution is 0.290. The molecular weight excluding hydrogens is 160 g/mol. The van der Waals surface area contributed by atoms with Crippen molar-refractivity contribution in [2.75, 3.05) is 13.2 Å². The molecule has 2 nitrogen and oxygen atoms in total. The molecule has 0 N–H and O–H groups in total. The van der Waals surface area contributed by atoms with Crippen LogP contribution in [0, 0.1) is 5.38 Å². The molecule has 0 aliphatic heterocycles. The zero-order chi connectivity index (χ0) is 8.10. The van der Waals surface area contributed by atoms with E-state index in [2.05, 4.69) is 5.38 Å². The lowest BCUT2D eigenvalue weighted by atomic mass is 10.5. The van der Waals surface area contributed by atoms with Crippen molar-refractivity contribution in [1.82, 2.24) is 0 Å². The summed E-state index contributed by atoms with van der Waals surface area (Å²) in [5, 5.41) is 4.88. The van der Waals surface area contributed by atoms with Crippen molar-refractivity contribution in [2.24, 2.45) is 0 Å². The van der Waals surface area contributed by atoms with E-state index in [-0.39, 0.29) is 0 Å². The predicted molar refractivity (Wildman–Crippen MR) is 45.5 cm³/mol. The lowest BCUT2D eigenvalue weighted by Crippen LogP contribution is -1.95. The van der Waals surface area contributed by atoms with Crippen molar-refractivity contribution in [1.29, 1.82) is 0 Å². The lowest BCUT2D eigenvalue weighted by Gasteiger charge is -2.03. The van der Waals surface area contributed by atoms with Gasteiger partial charge in [-0.2, -0.15) is 0 Å². The molecule has 0 aliphatic rings. The molecular formula is C8H11O2S. The zero-order valence-electron chi connectivity index (χ0n) is 6.72. The summed E-state index contributed by atoms with van der Waals surface area (Å²) in [6.45, 7) is 5.23. The van der Waals surface area contributed by atoms with Crippen LogP contribution in [0.25, 0.3) is 0 Å². The number of thiophene rings is 1. The van der Waals surface area contributed by atoms with Crippen LogP contribution in [0.2, 0.25) is 0 Å². The quantitative estimate of drug-likeness (QED) is 0.692. The molecule has 61 valence electrons. The van der Waals surface area contributed by atoms with Crippen LogP contribution < -0.4 is 9.47 Å². The molecule has 1 radical (unpaired) electrons. The van der Waals surface area contributed by atoms with E-state index in [1.165, 1.54) is 11.3 Å². The second-order valence-electron chi connectivity index (χ2n) is 1.90. The molecule has 0 aromatic carbocycles. The Balaban J connectivity index is 2.62. The van der Waals surface area contributed by atoms with Crippen LogP contribution in [-0.2, 0) is 0 Å². The first kappa shape index (κ1) is 8.40. The van der Waals surface area contributed by atoms with Crippen LogP contribution in [0.15, 0.2) is 5.38 Å². The Kier molecular flexibility index (Phi) is 3.23. The highest BCUT2D eigenvalue weighted by Gasteiger charge is 2.04. The third-order valence-corrected chi connectivity index (χ3v) is 1.77. The molecule has 1 aromatic rings. The average Bonchev–Trinajstić information content (AvgIpc) is 2.39. The molecule has 1 heterocycles. The average molecular weight is 171 g/mol. The number of hydrogen-bond acceptors (Lipinski definition) is 3. The molecule has 0 atom stereocenters. The standard InChI is InChI=1S/C8H11O2S/c1-3-9-7-5-11-6-8(7)10-4-2/h5H,3-4H2,1-2H3. The van der Waals surface area contributed by atoms with Gasteiger partial charge in [0, 0.05) is 5.38 Å². The summed E-state index contributed by atoms with van der Waals surface area (Å²) in [5.74, 6) is 1.54. The Hall–Kier alpha value is -0.700. The van der Waals surface area contributed by atoms with Crippen LogP contribution in [0.5, 0.6) is 11.5 Å². The Bertz CT molecular complexity index is 187. The van der Waals surface area contributed by atoms with Crippen molar-refractivity contribution in [3.8, 4) is 11.5 Å². The normalized spacial score (nSPS) is 9.64. The van der Waals surface area contributed by atoms with Gasteiger partial charge < -0.3 is 9.47 Å². The van der Waals surface area contributed by atoms with Gasteiger partial charge in [0.25, 0.3) is 0 Å². The van der Waals surface area contributed by atoms with E-state index in [0.717, 1.165) is 11.5 Å². The first-order valence-corrected chi connectivity index (χ1v) is 4.51. The highest BCUT2D eigenvalue weighted by Crippen LogP contribution is 2.30. The molecule has 0 amide bonds. The fourth-order valence-corrected chi connectivity index (χ4v) is 1.35. The van der Waals surface area contributed by atoms with Gasteiger partial charge in [0.1, 0.15) is 0 Å². The Morgan fingerprint density at radius 1 is 1.36 bits per heavy atom. The largest absolute Gasteiger partial charge is 0.489 e. The van der Waals surface area contributed by atoms with Gasteiger partial charge >= 0.3 is 0 Å². The predicted octanol–water partition coefficient (Wildman–Crippen LogP) is 2.35. The SMILES string of the molecule is CCOc1[c]scc1OCC. The highest BCUT2D eigenvalue weighted by molar-refractivity contribution is 7.07. The summed E-state index contributed by atoms with van der Waals surface area (Å²) in [6, 6.07) is 0. The number of ether oxygens (including phenoxy) is 2. The smallest absolute Gasteiger partial charge is 0.180 e. The maximum atomic E-state index is 5.28. The summed E-state index contributed by atoms with van der Waals surface area (Å²) in [5.41, 5.74) is 0. The maximum Gasteiger partial charge on any atom is 0.180 e. The van der Waals surface area contributed by atoms with E-state index in [0.29, 0.717) is 13.2 Å². The second kappa shape index (κ2) is 4.23. The van der Waals surface area contributed by atoms with Gasteiger partial charge in [0.05, 0.1) is 18.6 Å². The third-order valence-electron chi connectivity index (χ3n) is 1.13. The number of rotatable bonds is 4. The topological polar surface area (TPSA) is 18.5 Å². The third kappa shape index (κ3) is 2.12. The first-order chi connectivity index (χ1) is 5.38. The minimum atomic E-state index is 0.660. The summed E-state index contributed by atoms with van der Waals surface area (Å²) in [6.07, 6.45) is 0. The molecule has 3 heteroatoms. The van der Waals surface area contributed by atoms with Gasteiger partial charge in [-0.15, -0.1) is 11.3 Å².